The van der Waals surface area contributed by atoms with Gasteiger partial charge >= 0.3 is 0 Å². The minimum atomic E-state index is -0.171. The molecule has 1 unspecified atom stereocenters. The number of likely N-dealkylation sites (N-methyl/N-ethyl adjacent to an activating group) is 1. The third kappa shape index (κ3) is 9.94. The summed E-state index contributed by atoms with van der Waals surface area (Å²) in [6.07, 6.45) is 5.98. The second-order valence-electron chi connectivity index (χ2n) is 10.3. The molecule has 3 aromatic carbocycles. The van der Waals surface area contributed by atoms with Crippen LogP contribution in [0.5, 0.6) is 5.75 Å². The average Bonchev–Trinajstić information content (AvgIpc) is 3.38. The van der Waals surface area contributed by atoms with Gasteiger partial charge in [0.1, 0.15) is 17.9 Å². The van der Waals surface area contributed by atoms with E-state index in [9.17, 15) is 9.18 Å². The van der Waals surface area contributed by atoms with Crippen LogP contribution in [0.15, 0.2) is 85.5 Å². The van der Waals surface area contributed by atoms with Crippen LogP contribution in [-0.2, 0) is 11.2 Å². The molecule has 1 atom stereocenters. The molecule has 224 valence electrons. The largest absolute Gasteiger partial charge is 0.494 e. The number of aryl methyl sites for hydroxylation is 1. The van der Waals surface area contributed by atoms with Crippen LogP contribution in [0.25, 0.3) is 10.9 Å². The number of rotatable bonds is 11. The highest BCUT2D eigenvalue weighted by Gasteiger charge is 2.29. The van der Waals surface area contributed by atoms with Crippen LogP contribution in [0.3, 0.4) is 0 Å². The molecule has 0 aliphatic carbocycles. The van der Waals surface area contributed by atoms with E-state index in [1.807, 2.05) is 6.92 Å². The van der Waals surface area contributed by atoms with Gasteiger partial charge in [0.2, 0.25) is 0 Å². The highest BCUT2D eigenvalue weighted by molar-refractivity contribution is 5.85. The Morgan fingerprint density at radius 2 is 1.81 bits per heavy atom. The molecule has 1 aliphatic heterocycles. The fraction of sp³-hybridized carbons (Fsp3) is 0.343. The number of benzene rings is 3. The fourth-order valence-corrected chi connectivity index (χ4v) is 4.88. The number of ether oxygens (including phenoxy) is 1. The first-order valence-corrected chi connectivity index (χ1v) is 14.6. The van der Waals surface area contributed by atoms with Crippen molar-refractivity contribution >= 4 is 17.2 Å². The monoisotopic (exact) mass is 573 g/mol. The number of allylic oxidation sites excluding steroid dienone is 1. The minimum absolute atomic E-state index is 0.171. The highest BCUT2D eigenvalue weighted by atomic mass is 19.1. The first-order chi connectivity index (χ1) is 20.5. The lowest BCUT2D eigenvalue weighted by Gasteiger charge is -2.33. The zero-order chi connectivity index (χ0) is 30.2. The van der Waals surface area contributed by atoms with Gasteiger partial charge in [0, 0.05) is 36.1 Å². The zero-order valence-corrected chi connectivity index (χ0v) is 24.8. The quantitative estimate of drug-likeness (QED) is 0.110. The van der Waals surface area contributed by atoms with Gasteiger partial charge in [0.15, 0.2) is 0 Å². The molecule has 0 bridgehead atoms. The summed E-state index contributed by atoms with van der Waals surface area (Å²) >= 11 is 0. The van der Waals surface area contributed by atoms with Crippen LogP contribution in [0.2, 0.25) is 0 Å². The third-order valence-corrected chi connectivity index (χ3v) is 7.05. The number of unbranched alkanes of at least 4 members (excludes halogenated alkanes) is 1. The van der Waals surface area contributed by atoms with Gasteiger partial charge in [-0.05, 0) is 81.2 Å². The molecule has 3 N–H and O–H groups in total. The van der Waals surface area contributed by atoms with Crippen LogP contribution in [-0.4, -0.2) is 61.2 Å². The van der Waals surface area contributed by atoms with Crippen molar-refractivity contribution in [3.63, 3.8) is 0 Å². The van der Waals surface area contributed by atoms with Crippen LogP contribution < -0.4 is 10.1 Å². The van der Waals surface area contributed by atoms with E-state index in [2.05, 4.69) is 77.4 Å². The van der Waals surface area contributed by atoms with E-state index in [1.54, 1.807) is 18.2 Å². The van der Waals surface area contributed by atoms with E-state index in [4.69, 9.17) is 9.84 Å². The summed E-state index contributed by atoms with van der Waals surface area (Å²) < 4.78 is 18.0. The number of fused-ring (bicyclic) bond motifs is 3. The predicted octanol–water partition coefficient (Wildman–Crippen LogP) is 6.38. The number of hydrogen-bond donors (Lipinski definition) is 3. The second-order valence-corrected chi connectivity index (χ2v) is 10.3. The Labute approximate surface area is 249 Å². The number of hydrogen-bond acceptors (Lipinski definition) is 5. The molecular formula is C35H44FN3O3. The molecule has 1 aromatic heterocycles. The van der Waals surface area contributed by atoms with Gasteiger partial charge < -0.3 is 24.9 Å². The molecule has 0 spiro atoms. The number of H-pyrrole nitrogens is 1. The highest BCUT2D eigenvalue weighted by Crippen LogP contribution is 2.37. The number of aromatic amines is 1. The molecule has 0 saturated carbocycles. The molecule has 0 saturated heterocycles. The Morgan fingerprint density at radius 3 is 2.45 bits per heavy atom. The SMILES string of the molecule is C=CCC=O.CN1CCc2c([nH]c3ccccc23)C1c1ccc(OCCCCNCCO)cc1.Cc1ccc(F)cc1. The van der Waals surface area contributed by atoms with Crippen LogP contribution in [0.1, 0.15) is 47.7 Å². The van der Waals surface area contributed by atoms with Crippen molar-refractivity contribution in [3.05, 3.63) is 114 Å². The Balaban J connectivity index is 0.000000309. The van der Waals surface area contributed by atoms with Crippen molar-refractivity contribution in [2.75, 3.05) is 39.9 Å². The minimum Gasteiger partial charge on any atom is -0.494 e. The lowest BCUT2D eigenvalue weighted by molar-refractivity contribution is -0.107. The first kappa shape index (κ1) is 32.7. The van der Waals surface area contributed by atoms with Crippen molar-refractivity contribution in [3.8, 4) is 5.75 Å². The number of halogens is 1. The maximum absolute atomic E-state index is 12.1. The summed E-state index contributed by atoms with van der Waals surface area (Å²) in [5.41, 5.74) is 6.39. The normalized spacial score (nSPS) is 14.1. The number of aromatic nitrogens is 1. The Hall–Kier alpha value is -3.78. The Bertz CT molecular complexity index is 1330. The number of carbonyl (C=O) groups is 1. The van der Waals surface area contributed by atoms with Crippen molar-refractivity contribution in [1.82, 2.24) is 15.2 Å². The molecular weight excluding hydrogens is 529 g/mol. The summed E-state index contributed by atoms with van der Waals surface area (Å²) in [6.45, 7) is 8.80. The fourth-order valence-electron chi connectivity index (χ4n) is 4.88. The lowest BCUT2D eigenvalue weighted by atomic mass is 9.93. The predicted molar refractivity (Wildman–Crippen MR) is 170 cm³/mol. The van der Waals surface area contributed by atoms with E-state index in [0.717, 1.165) is 56.6 Å². The summed E-state index contributed by atoms with van der Waals surface area (Å²) in [4.78, 5) is 15.4. The summed E-state index contributed by atoms with van der Waals surface area (Å²) in [7, 11) is 2.20. The molecule has 2 heterocycles. The molecule has 1 aliphatic rings. The van der Waals surface area contributed by atoms with E-state index >= 15 is 0 Å². The van der Waals surface area contributed by atoms with E-state index in [1.165, 1.54) is 39.9 Å². The maximum atomic E-state index is 12.1. The van der Waals surface area contributed by atoms with Gasteiger partial charge in [-0.1, -0.05) is 54.1 Å². The molecule has 0 amide bonds. The summed E-state index contributed by atoms with van der Waals surface area (Å²) in [6, 6.07) is 23.8. The number of nitrogens with one attached hydrogen (secondary N) is 2. The van der Waals surface area contributed by atoms with Crippen LogP contribution in [0.4, 0.5) is 4.39 Å². The average molecular weight is 574 g/mol. The molecule has 7 heteroatoms. The molecule has 4 aromatic rings. The summed E-state index contributed by atoms with van der Waals surface area (Å²) in [5, 5.41) is 13.3. The molecule has 0 fully saturated rings. The Kier molecular flexibility index (Phi) is 14.0. The smallest absolute Gasteiger partial charge is 0.123 e. The maximum Gasteiger partial charge on any atom is 0.123 e. The summed E-state index contributed by atoms with van der Waals surface area (Å²) in [5.74, 6) is 0.753. The van der Waals surface area contributed by atoms with Gasteiger partial charge in [-0.25, -0.2) is 4.39 Å². The van der Waals surface area contributed by atoms with Crippen molar-refractivity contribution in [1.29, 1.82) is 0 Å². The second kappa shape index (κ2) is 17.9. The van der Waals surface area contributed by atoms with Crippen molar-refractivity contribution < 1.29 is 19.0 Å². The molecule has 0 radical (unpaired) electrons. The van der Waals surface area contributed by atoms with Crippen molar-refractivity contribution in [2.24, 2.45) is 0 Å². The van der Waals surface area contributed by atoms with Crippen LogP contribution in [0, 0.1) is 12.7 Å². The topological polar surface area (TPSA) is 77.6 Å². The van der Waals surface area contributed by atoms with Gasteiger partial charge in [0.05, 0.1) is 19.3 Å². The van der Waals surface area contributed by atoms with E-state index in [-0.39, 0.29) is 18.5 Å². The third-order valence-electron chi connectivity index (χ3n) is 7.05. The molecule has 6 nitrogen and oxygen atoms in total. The van der Waals surface area contributed by atoms with E-state index < -0.39 is 0 Å². The Morgan fingerprint density at radius 1 is 1.07 bits per heavy atom. The molecule has 42 heavy (non-hydrogen) atoms. The number of carbonyl (C=O) groups excluding carboxylic acids is 1. The number of aldehydes is 1. The van der Waals surface area contributed by atoms with Gasteiger partial charge in [-0.15, -0.1) is 6.58 Å². The molecule has 5 rings (SSSR count). The van der Waals surface area contributed by atoms with Gasteiger partial charge in [0.25, 0.3) is 0 Å². The van der Waals surface area contributed by atoms with Gasteiger partial charge in [-0.2, -0.15) is 0 Å². The lowest BCUT2D eigenvalue weighted by Crippen LogP contribution is -2.32. The first-order valence-electron chi connectivity index (χ1n) is 14.6. The standard InChI is InChI=1S/C24H31N3O2.C7H7F.C4H6O/c1-27-15-12-21-20-6-2-3-7-22(20)26-23(21)24(27)18-8-10-19(11-9-18)29-17-5-4-13-25-14-16-28;1-6-2-4-7(8)5-3-6;1-2-3-4-5/h2-3,6-11,24-26,28H,4-5,12-17H2,1H3;2-5H,1H3;2,4H,1,3H2. The number of aliphatic hydroxyl groups excluding tert-OH is 1. The van der Waals surface area contributed by atoms with Crippen molar-refractivity contribution in [2.45, 2.75) is 38.6 Å². The van der Waals surface area contributed by atoms with E-state index in [0.29, 0.717) is 13.0 Å². The number of aliphatic hydroxyl groups is 1. The number of nitrogens with zero attached hydrogens (tertiary/aromatic N) is 1. The zero-order valence-electron chi connectivity index (χ0n) is 24.8. The van der Waals surface area contributed by atoms with Crippen LogP contribution >= 0.6 is 0 Å². The van der Waals surface area contributed by atoms with Gasteiger partial charge in [-0.3, -0.25) is 4.90 Å². The number of para-hydroxylation sites is 1.